The molecule has 324 valence electrons. The molecular weight excluding hydrogens is 859 g/mol. The summed E-state index contributed by atoms with van der Waals surface area (Å²) < 4.78 is 4.31. The van der Waals surface area contributed by atoms with E-state index in [0.29, 0.717) is 34.2 Å². The van der Waals surface area contributed by atoms with Crippen LogP contribution in [-0.4, -0.2) is 127 Å². The van der Waals surface area contributed by atoms with Gasteiger partial charge in [0.25, 0.3) is 0 Å². The number of hydrogen-bond acceptors (Lipinski definition) is 14. The van der Waals surface area contributed by atoms with Crippen LogP contribution in [0.2, 0.25) is 0 Å². The highest BCUT2D eigenvalue weighted by molar-refractivity contribution is 9.10. The summed E-state index contributed by atoms with van der Waals surface area (Å²) in [4.78, 5) is 61.2. The van der Waals surface area contributed by atoms with Crippen molar-refractivity contribution >= 4 is 63.3 Å². The number of halogens is 1. The minimum absolute atomic E-state index is 0.116. The Bertz CT molecular complexity index is 2450. The standard InChI is InChI=1S/C20H24N8O.C17H21BrN6O.C3H5BN2O2/c1-3-15-19(29)26(2)16-12-22-20(25-18(16)28(15)14-6-4-5-7-14)27-9-8-21-17(27)13-10-23-24-11-13;1-3-12-15(25)22(2)13-10-20-17(23-9-8-19-16(23)18)21-14(13)24(12)11-6-4-5-7-11;7-4(8)3-1-5-6-2-3/h8-12,14-15H,3-7H2,1-2H3,(H,23,24);8-12H,3-7H2,1-2H3;1-2,7-8H,(H,5,6)/t15-;12-;/m11./s1. The van der Waals surface area contributed by atoms with Crippen molar-refractivity contribution < 1.29 is 19.6 Å². The molecule has 2 aliphatic carbocycles. The Morgan fingerprint density at radius 3 is 1.63 bits per heavy atom. The molecule has 22 heteroatoms. The van der Waals surface area contributed by atoms with Crippen LogP contribution in [0.5, 0.6) is 0 Å². The maximum absolute atomic E-state index is 13.0. The van der Waals surface area contributed by atoms with E-state index in [1.807, 2.05) is 31.1 Å². The van der Waals surface area contributed by atoms with Crippen LogP contribution in [0.3, 0.4) is 0 Å². The minimum Gasteiger partial charge on any atom is -0.423 e. The number of rotatable bonds is 8. The molecule has 10 rings (SSSR count). The van der Waals surface area contributed by atoms with Crippen molar-refractivity contribution in [2.45, 2.75) is 102 Å². The zero-order chi connectivity index (χ0) is 43.5. The fourth-order valence-corrected chi connectivity index (χ4v) is 9.26. The number of hydrogen-bond donors (Lipinski definition) is 4. The first kappa shape index (κ1) is 42.7. The number of carbonyl (C=O) groups is 2. The number of imidazole rings is 2. The van der Waals surface area contributed by atoms with Gasteiger partial charge in [-0.3, -0.25) is 28.9 Å². The molecule has 4 aliphatic rings. The summed E-state index contributed by atoms with van der Waals surface area (Å²) in [6.45, 7) is 4.14. The molecule has 0 unspecified atom stereocenters. The average Bonchev–Trinajstić information content (AvgIpc) is 4.13. The zero-order valence-electron chi connectivity index (χ0n) is 35.1. The lowest BCUT2D eigenvalue weighted by Gasteiger charge is -2.43. The van der Waals surface area contributed by atoms with E-state index in [0.717, 1.165) is 72.9 Å². The van der Waals surface area contributed by atoms with Crippen LogP contribution in [0, 0.1) is 0 Å². The van der Waals surface area contributed by atoms with E-state index in [9.17, 15) is 9.59 Å². The summed E-state index contributed by atoms with van der Waals surface area (Å²) >= 11 is 3.42. The average molecular weight is 910 g/mol. The van der Waals surface area contributed by atoms with E-state index in [4.69, 9.17) is 20.0 Å². The summed E-state index contributed by atoms with van der Waals surface area (Å²) in [5.74, 6) is 3.75. The number of carbonyl (C=O) groups excluding carboxylic acids is 2. The van der Waals surface area contributed by atoms with E-state index in [-0.39, 0.29) is 23.9 Å². The van der Waals surface area contributed by atoms with E-state index < -0.39 is 7.12 Å². The number of anilines is 4. The number of fused-ring (bicyclic) bond motifs is 2. The van der Waals surface area contributed by atoms with Crippen LogP contribution < -0.4 is 25.1 Å². The SMILES string of the molecule is CC[C@@H]1C(=O)N(C)c2cnc(-n3ccnc3-c3cn[nH]c3)nc2N1C1CCCC1.CC[C@@H]1C(=O)N(C)c2cnc(-n3ccnc3Br)nc2N1C1CCCC1.OB(O)c1cn[nH]c1. The first-order chi connectivity index (χ1) is 30.1. The molecule has 20 nitrogen and oxygen atoms in total. The third-order valence-electron chi connectivity index (χ3n) is 12.0. The van der Waals surface area contributed by atoms with Crippen LogP contribution in [0.25, 0.3) is 23.3 Å². The molecule has 0 saturated heterocycles. The first-order valence-corrected chi connectivity index (χ1v) is 21.8. The van der Waals surface area contributed by atoms with E-state index in [1.54, 1.807) is 51.5 Å². The van der Waals surface area contributed by atoms with E-state index in [1.165, 1.54) is 38.1 Å². The predicted molar refractivity (Wildman–Crippen MR) is 236 cm³/mol. The van der Waals surface area contributed by atoms with Crippen LogP contribution in [0.1, 0.15) is 78.1 Å². The maximum atomic E-state index is 13.0. The van der Waals surface area contributed by atoms with Crippen LogP contribution in [0.15, 0.2) is 66.7 Å². The monoisotopic (exact) mass is 908 g/mol. The second-order valence-electron chi connectivity index (χ2n) is 15.7. The normalized spacial score (nSPS) is 19.0. The number of aromatic nitrogens is 12. The van der Waals surface area contributed by atoms with Gasteiger partial charge in [0.2, 0.25) is 23.7 Å². The highest BCUT2D eigenvalue weighted by atomic mass is 79.9. The third kappa shape index (κ3) is 8.20. The van der Waals surface area contributed by atoms with Gasteiger partial charge in [0.05, 0.1) is 24.2 Å². The largest absolute Gasteiger partial charge is 0.491 e. The van der Waals surface area contributed by atoms with Crippen molar-refractivity contribution in [3.8, 4) is 23.3 Å². The molecule has 2 saturated carbocycles. The van der Waals surface area contributed by atoms with Crippen molar-refractivity contribution in [2.75, 3.05) is 33.7 Å². The summed E-state index contributed by atoms with van der Waals surface area (Å²) in [6.07, 6.45) is 27.6. The van der Waals surface area contributed by atoms with Gasteiger partial charge in [0, 0.05) is 75.0 Å². The van der Waals surface area contributed by atoms with Gasteiger partial charge in [-0.2, -0.15) is 20.2 Å². The fraction of sp³-hybridized carbons (Fsp3) is 0.450. The number of nitrogens with one attached hydrogen (secondary N) is 2. The van der Waals surface area contributed by atoms with Crippen molar-refractivity contribution in [1.82, 2.24) is 59.4 Å². The van der Waals surface area contributed by atoms with Gasteiger partial charge in [-0.1, -0.05) is 39.5 Å². The lowest BCUT2D eigenvalue weighted by molar-refractivity contribution is -0.120. The molecule has 2 fully saturated rings. The Balaban J connectivity index is 0.000000146. The number of amides is 2. The minimum atomic E-state index is -1.41. The van der Waals surface area contributed by atoms with Crippen molar-refractivity contribution in [1.29, 1.82) is 0 Å². The topological polar surface area (TPSA) is 232 Å². The Labute approximate surface area is 367 Å². The number of H-pyrrole nitrogens is 2. The molecule has 62 heavy (non-hydrogen) atoms. The molecule has 2 amide bonds. The molecule has 8 heterocycles. The van der Waals surface area contributed by atoms with Gasteiger partial charge in [0.15, 0.2) is 16.4 Å². The fourth-order valence-electron chi connectivity index (χ4n) is 8.87. The molecule has 2 aliphatic heterocycles. The molecule has 4 N–H and O–H groups in total. The molecule has 0 radical (unpaired) electrons. The van der Waals surface area contributed by atoms with Crippen LogP contribution in [0.4, 0.5) is 23.0 Å². The molecule has 6 aromatic heterocycles. The van der Waals surface area contributed by atoms with Gasteiger partial charge in [-0.25, -0.2) is 19.9 Å². The summed E-state index contributed by atoms with van der Waals surface area (Å²) in [7, 11) is 2.22. The predicted octanol–water partition coefficient (Wildman–Crippen LogP) is 3.57. The molecular formula is C40H50BBrN16O4. The number of nitrogens with zero attached hydrogens (tertiary/aromatic N) is 14. The quantitative estimate of drug-likeness (QED) is 0.160. The maximum Gasteiger partial charge on any atom is 0.491 e. The van der Waals surface area contributed by atoms with Gasteiger partial charge >= 0.3 is 7.12 Å². The number of aromatic amines is 2. The molecule has 6 aromatic rings. The summed E-state index contributed by atoms with van der Waals surface area (Å²) in [5, 5.41) is 29.6. The Morgan fingerprint density at radius 1 is 0.694 bits per heavy atom. The molecule has 0 aromatic carbocycles. The van der Waals surface area contributed by atoms with Crippen LogP contribution in [-0.2, 0) is 9.59 Å². The Hall–Kier alpha value is -6.00. The Morgan fingerprint density at radius 2 is 1.19 bits per heavy atom. The van der Waals surface area contributed by atoms with Gasteiger partial charge in [-0.15, -0.1) is 0 Å². The lowest BCUT2D eigenvalue weighted by atomic mass is 9.83. The third-order valence-corrected chi connectivity index (χ3v) is 12.6. The van der Waals surface area contributed by atoms with Crippen molar-refractivity contribution in [3.05, 3.63) is 66.7 Å². The summed E-state index contributed by atoms with van der Waals surface area (Å²) in [6, 6.07) is 0.370. The molecule has 0 spiro atoms. The van der Waals surface area contributed by atoms with E-state index in [2.05, 4.69) is 79.9 Å². The second-order valence-corrected chi connectivity index (χ2v) is 16.4. The first-order valence-electron chi connectivity index (χ1n) is 21.0. The van der Waals surface area contributed by atoms with Crippen molar-refractivity contribution in [2.24, 2.45) is 0 Å². The lowest BCUT2D eigenvalue weighted by Crippen LogP contribution is -2.55. The smallest absolute Gasteiger partial charge is 0.423 e. The van der Waals surface area contributed by atoms with Gasteiger partial charge in [0.1, 0.15) is 29.3 Å². The van der Waals surface area contributed by atoms with Gasteiger partial charge < -0.3 is 29.6 Å². The molecule has 2 atom stereocenters. The van der Waals surface area contributed by atoms with Gasteiger partial charge in [-0.05, 0) is 54.5 Å². The molecule has 0 bridgehead atoms. The second kappa shape index (κ2) is 18.5. The highest BCUT2D eigenvalue weighted by Crippen LogP contribution is 2.41. The van der Waals surface area contributed by atoms with Crippen molar-refractivity contribution in [3.63, 3.8) is 0 Å². The summed E-state index contributed by atoms with van der Waals surface area (Å²) in [5.41, 5.74) is 2.79. The zero-order valence-corrected chi connectivity index (χ0v) is 36.7. The Kier molecular flexibility index (Phi) is 12.8. The van der Waals surface area contributed by atoms with Crippen LogP contribution >= 0.6 is 15.9 Å². The van der Waals surface area contributed by atoms with E-state index >= 15 is 0 Å². The highest BCUT2D eigenvalue weighted by Gasteiger charge is 2.43. The number of likely N-dealkylation sites (N-methyl/N-ethyl adjacent to an activating group) is 2.